The molecule has 6 nitrogen and oxygen atoms in total. The number of benzene rings is 1. The van der Waals surface area contributed by atoms with E-state index >= 15 is 0 Å². The lowest BCUT2D eigenvalue weighted by molar-refractivity contribution is -0.120. The highest BCUT2D eigenvalue weighted by atomic mass is 16.5. The maximum Gasteiger partial charge on any atom is 0.229 e. The first kappa shape index (κ1) is 17.1. The van der Waals surface area contributed by atoms with Gasteiger partial charge in [-0.2, -0.15) is 0 Å². The van der Waals surface area contributed by atoms with Crippen LogP contribution in [0.5, 0.6) is 17.2 Å². The first-order valence-electron chi connectivity index (χ1n) is 6.79. The van der Waals surface area contributed by atoms with E-state index in [1.54, 1.807) is 12.1 Å². The average Bonchev–Trinajstić information content (AvgIpc) is 2.46. The second-order valence-electron chi connectivity index (χ2n) is 4.99. The van der Waals surface area contributed by atoms with Crippen molar-refractivity contribution in [2.24, 2.45) is 17.6 Å². The van der Waals surface area contributed by atoms with Crippen molar-refractivity contribution < 1.29 is 19.0 Å². The molecule has 118 valence electrons. The molecule has 1 rings (SSSR count). The Hall–Kier alpha value is -1.95. The van der Waals surface area contributed by atoms with E-state index in [9.17, 15) is 4.79 Å². The molecule has 6 heteroatoms. The summed E-state index contributed by atoms with van der Waals surface area (Å²) in [4.78, 5) is 12.2. The van der Waals surface area contributed by atoms with Crippen LogP contribution in [-0.2, 0) is 4.79 Å². The van der Waals surface area contributed by atoms with Crippen molar-refractivity contribution in [2.75, 3.05) is 33.2 Å². The van der Waals surface area contributed by atoms with E-state index in [1.807, 2.05) is 13.8 Å². The van der Waals surface area contributed by atoms with Crippen LogP contribution in [0, 0.1) is 11.8 Å². The van der Waals surface area contributed by atoms with Crippen molar-refractivity contribution in [2.45, 2.75) is 13.8 Å². The minimum atomic E-state index is -0.246. The summed E-state index contributed by atoms with van der Waals surface area (Å²) >= 11 is 0. The van der Waals surface area contributed by atoms with Gasteiger partial charge in [-0.1, -0.05) is 13.8 Å². The summed E-state index contributed by atoms with van der Waals surface area (Å²) in [5.74, 6) is 1.25. The van der Waals surface area contributed by atoms with Gasteiger partial charge in [-0.3, -0.25) is 4.79 Å². The minimum absolute atomic E-state index is 0.123. The van der Waals surface area contributed by atoms with Crippen LogP contribution in [0.4, 0.5) is 5.69 Å². The molecule has 0 bridgehead atoms. The summed E-state index contributed by atoms with van der Waals surface area (Å²) in [6, 6.07) is 3.38. The summed E-state index contributed by atoms with van der Waals surface area (Å²) < 4.78 is 15.8. The van der Waals surface area contributed by atoms with Crippen LogP contribution in [0.1, 0.15) is 13.8 Å². The molecule has 1 aromatic rings. The first-order chi connectivity index (χ1) is 9.98. The van der Waals surface area contributed by atoms with Crippen LogP contribution in [0.3, 0.4) is 0 Å². The SMILES string of the molecule is COc1cc(NC(=O)C(CN)C(C)C)cc(OC)c1OC. The normalized spacial score (nSPS) is 12.0. The topological polar surface area (TPSA) is 82.8 Å². The molecule has 0 fully saturated rings. The van der Waals surface area contributed by atoms with Crippen molar-refractivity contribution in [1.82, 2.24) is 0 Å². The number of nitrogens with one attached hydrogen (secondary N) is 1. The Morgan fingerprint density at radius 2 is 1.67 bits per heavy atom. The van der Waals surface area contributed by atoms with E-state index in [0.29, 0.717) is 29.5 Å². The summed E-state index contributed by atoms with van der Waals surface area (Å²) in [7, 11) is 4.58. The number of amides is 1. The van der Waals surface area contributed by atoms with Crippen LogP contribution in [-0.4, -0.2) is 33.8 Å². The lowest BCUT2D eigenvalue weighted by atomic mass is 9.95. The number of nitrogens with two attached hydrogens (primary N) is 1. The molecule has 0 heterocycles. The standard InChI is InChI=1S/C15H24N2O4/c1-9(2)11(8-16)15(18)17-10-6-12(19-3)14(21-5)13(7-10)20-4/h6-7,9,11H,8,16H2,1-5H3,(H,17,18). The molecule has 3 N–H and O–H groups in total. The molecule has 0 aliphatic rings. The number of anilines is 1. The Labute approximate surface area is 125 Å². The van der Waals surface area contributed by atoms with E-state index in [0.717, 1.165) is 0 Å². The van der Waals surface area contributed by atoms with E-state index < -0.39 is 0 Å². The van der Waals surface area contributed by atoms with E-state index in [2.05, 4.69) is 5.32 Å². The fourth-order valence-electron chi connectivity index (χ4n) is 2.07. The number of hydrogen-bond donors (Lipinski definition) is 2. The van der Waals surface area contributed by atoms with Gasteiger partial charge >= 0.3 is 0 Å². The van der Waals surface area contributed by atoms with Crippen LogP contribution < -0.4 is 25.3 Å². The Morgan fingerprint density at radius 3 is 2.00 bits per heavy atom. The number of methoxy groups -OCH3 is 3. The largest absolute Gasteiger partial charge is 0.493 e. The third kappa shape index (κ3) is 4.01. The van der Waals surface area contributed by atoms with Gasteiger partial charge in [0.25, 0.3) is 0 Å². The smallest absolute Gasteiger partial charge is 0.229 e. The number of hydrogen-bond acceptors (Lipinski definition) is 5. The third-order valence-corrected chi connectivity index (χ3v) is 3.33. The molecule has 1 atom stereocenters. The summed E-state index contributed by atoms with van der Waals surface area (Å²) in [6.07, 6.45) is 0. The zero-order chi connectivity index (χ0) is 16.0. The number of rotatable bonds is 7. The van der Waals surface area contributed by atoms with Crippen molar-refractivity contribution >= 4 is 11.6 Å². The van der Waals surface area contributed by atoms with Gasteiger partial charge in [0.2, 0.25) is 11.7 Å². The van der Waals surface area contributed by atoms with Crippen LogP contribution in [0.2, 0.25) is 0 Å². The van der Waals surface area contributed by atoms with Gasteiger partial charge in [-0.15, -0.1) is 0 Å². The van der Waals surface area contributed by atoms with Gasteiger partial charge in [0.15, 0.2) is 11.5 Å². The monoisotopic (exact) mass is 296 g/mol. The Balaban J connectivity index is 3.06. The van der Waals surface area contributed by atoms with Crippen LogP contribution in [0.15, 0.2) is 12.1 Å². The molecule has 0 aliphatic heterocycles. The molecule has 21 heavy (non-hydrogen) atoms. The molecule has 1 unspecified atom stereocenters. The fraction of sp³-hybridized carbons (Fsp3) is 0.533. The Bertz CT molecular complexity index is 464. The van der Waals surface area contributed by atoms with Gasteiger partial charge in [0.05, 0.1) is 27.2 Å². The highest BCUT2D eigenvalue weighted by Gasteiger charge is 2.22. The first-order valence-corrected chi connectivity index (χ1v) is 6.79. The van der Waals surface area contributed by atoms with Gasteiger partial charge < -0.3 is 25.3 Å². The zero-order valence-corrected chi connectivity index (χ0v) is 13.2. The van der Waals surface area contributed by atoms with E-state index in [-0.39, 0.29) is 17.7 Å². The Morgan fingerprint density at radius 1 is 1.14 bits per heavy atom. The van der Waals surface area contributed by atoms with E-state index in [1.165, 1.54) is 21.3 Å². The lowest BCUT2D eigenvalue weighted by Gasteiger charge is -2.19. The lowest BCUT2D eigenvalue weighted by Crippen LogP contribution is -2.33. The summed E-state index contributed by atoms with van der Waals surface area (Å²) in [5, 5.41) is 2.84. The van der Waals surface area contributed by atoms with Crippen molar-refractivity contribution in [3.63, 3.8) is 0 Å². The van der Waals surface area contributed by atoms with E-state index in [4.69, 9.17) is 19.9 Å². The minimum Gasteiger partial charge on any atom is -0.493 e. The van der Waals surface area contributed by atoms with Crippen molar-refractivity contribution in [3.05, 3.63) is 12.1 Å². The molecule has 0 aliphatic carbocycles. The Kier molecular flexibility index (Phi) is 6.30. The maximum absolute atomic E-state index is 12.2. The quantitative estimate of drug-likeness (QED) is 0.802. The molecule has 0 saturated carbocycles. The van der Waals surface area contributed by atoms with Gasteiger partial charge in [0, 0.05) is 24.4 Å². The van der Waals surface area contributed by atoms with Crippen molar-refractivity contribution in [3.8, 4) is 17.2 Å². The molecular weight excluding hydrogens is 272 g/mol. The molecular formula is C15H24N2O4. The second-order valence-corrected chi connectivity index (χ2v) is 4.99. The zero-order valence-electron chi connectivity index (χ0n) is 13.2. The summed E-state index contributed by atoms with van der Waals surface area (Å²) in [5.41, 5.74) is 6.23. The van der Waals surface area contributed by atoms with Gasteiger partial charge in [-0.25, -0.2) is 0 Å². The molecule has 0 radical (unpaired) electrons. The van der Waals surface area contributed by atoms with Crippen molar-refractivity contribution in [1.29, 1.82) is 0 Å². The van der Waals surface area contributed by atoms with Gasteiger partial charge in [0.1, 0.15) is 0 Å². The predicted octanol–water partition coefficient (Wildman–Crippen LogP) is 1.88. The predicted molar refractivity (Wildman–Crippen MR) is 82.1 cm³/mol. The summed E-state index contributed by atoms with van der Waals surface area (Å²) in [6.45, 7) is 4.23. The number of ether oxygens (including phenoxy) is 3. The molecule has 0 aromatic heterocycles. The molecule has 0 spiro atoms. The average molecular weight is 296 g/mol. The molecule has 1 aromatic carbocycles. The third-order valence-electron chi connectivity index (χ3n) is 3.33. The molecule has 1 amide bonds. The van der Waals surface area contributed by atoms with Crippen LogP contribution in [0.25, 0.3) is 0 Å². The highest BCUT2D eigenvalue weighted by Crippen LogP contribution is 2.40. The van der Waals surface area contributed by atoms with Crippen LogP contribution >= 0.6 is 0 Å². The van der Waals surface area contributed by atoms with Gasteiger partial charge in [-0.05, 0) is 5.92 Å². The number of carbonyl (C=O) groups is 1. The fourth-order valence-corrected chi connectivity index (χ4v) is 2.07. The number of carbonyl (C=O) groups excluding carboxylic acids is 1. The second kappa shape index (κ2) is 7.73. The highest BCUT2D eigenvalue weighted by molar-refractivity contribution is 5.93. The maximum atomic E-state index is 12.2. The molecule has 0 saturated heterocycles.